The SMILES string of the molecule is CC(=O)c1cc2c(s1)Oc1ccccc1NC2=O. The van der Waals surface area contributed by atoms with Crippen LogP contribution in [-0.4, -0.2) is 11.7 Å². The number of thiophene rings is 1. The fraction of sp³-hybridized carbons (Fsp3) is 0.0769. The first-order chi connectivity index (χ1) is 8.65. The molecule has 1 aliphatic rings. The lowest BCUT2D eigenvalue weighted by atomic mass is 10.2. The van der Waals surface area contributed by atoms with E-state index in [1.807, 2.05) is 12.1 Å². The van der Waals surface area contributed by atoms with Gasteiger partial charge >= 0.3 is 0 Å². The molecule has 0 saturated heterocycles. The van der Waals surface area contributed by atoms with Crippen molar-refractivity contribution in [3.63, 3.8) is 0 Å². The summed E-state index contributed by atoms with van der Waals surface area (Å²) in [4.78, 5) is 23.9. The van der Waals surface area contributed by atoms with E-state index >= 15 is 0 Å². The first-order valence-corrected chi connectivity index (χ1v) is 6.20. The third kappa shape index (κ3) is 1.69. The molecule has 1 aromatic carbocycles. The molecule has 5 heteroatoms. The highest BCUT2D eigenvalue weighted by atomic mass is 32.1. The van der Waals surface area contributed by atoms with E-state index in [0.29, 0.717) is 26.9 Å². The molecule has 2 aromatic rings. The van der Waals surface area contributed by atoms with E-state index in [1.54, 1.807) is 18.2 Å². The van der Waals surface area contributed by atoms with Crippen LogP contribution in [0.4, 0.5) is 5.69 Å². The van der Waals surface area contributed by atoms with Crippen LogP contribution >= 0.6 is 11.3 Å². The molecule has 0 atom stereocenters. The molecule has 2 heterocycles. The summed E-state index contributed by atoms with van der Waals surface area (Å²) in [6.45, 7) is 1.47. The van der Waals surface area contributed by atoms with Gasteiger partial charge in [-0.15, -0.1) is 0 Å². The van der Waals surface area contributed by atoms with Crippen molar-refractivity contribution in [2.45, 2.75) is 6.92 Å². The molecule has 0 unspecified atom stereocenters. The molecule has 0 radical (unpaired) electrons. The number of ketones is 1. The molecule has 1 amide bonds. The van der Waals surface area contributed by atoms with Crippen molar-refractivity contribution in [1.82, 2.24) is 0 Å². The maximum atomic E-state index is 12.0. The average Bonchev–Trinajstić information content (AvgIpc) is 2.71. The standard InChI is InChI=1S/C13H9NO3S/c1-7(15)11-6-8-12(16)14-9-4-2-3-5-10(9)17-13(8)18-11/h2-6H,1H3,(H,14,16). The molecule has 1 aliphatic heterocycles. The Hall–Kier alpha value is -2.14. The number of fused-ring (bicyclic) bond motifs is 2. The minimum atomic E-state index is -0.251. The number of nitrogens with one attached hydrogen (secondary N) is 1. The summed E-state index contributed by atoms with van der Waals surface area (Å²) < 4.78 is 5.69. The number of benzene rings is 1. The lowest BCUT2D eigenvalue weighted by Crippen LogP contribution is -2.09. The van der Waals surface area contributed by atoms with Crippen LogP contribution in [0.2, 0.25) is 0 Å². The Kier molecular flexibility index (Phi) is 2.41. The first-order valence-electron chi connectivity index (χ1n) is 5.38. The largest absolute Gasteiger partial charge is 0.444 e. The summed E-state index contributed by atoms with van der Waals surface area (Å²) >= 11 is 1.19. The van der Waals surface area contributed by atoms with Crippen LogP contribution < -0.4 is 10.1 Å². The number of Topliss-reactive ketones (excluding diaryl/α,β-unsaturated/α-hetero) is 1. The van der Waals surface area contributed by atoms with Gasteiger partial charge in [-0.3, -0.25) is 9.59 Å². The number of hydrogen-bond acceptors (Lipinski definition) is 4. The summed E-state index contributed by atoms with van der Waals surface area (Å²) in [6, 6.07) is 8.77. The van der Waals surface area contributed by atoms with Crippen LogP contribution in [0.3, 0.4) is 0 Å². The fourth-order valence-electron chi connectivity index (χ4n) is 1.73. The monoisotopic (exact) mass is 259 g/mol. The number of para-hydroxylation sites is 2. The first kappa shape index (κ1) is 11.0. The highest BCUT2D eigenvalue weighted by molar-refractivity contribution is 7.16. The minimum absolute atomic E-state index is 0.0715. The van der Waals surface area contributed by atoms with Crippen molar-refractivity contribution in [3.05, 3.63) is 40.8 Å². The minimum Gasteiger partial charge on any atom is -0.444 e. The number of anilines is 1. The fourth-order valence-corrected chi connectivity index (χ4v) is 2.64. The average molecular weight is 259 g/mol. The van der Waals surface area contributed by atoms with Crippen molar-refractivity contribution in [1.29, 1.82) is 0 Å². The Bertz CT molecular complexity index is 660. The van der Waals surface area contributed by atoms with Crippen molar-refractivity contribution in [3.8, 4) is 10.8 Å². The second-order valence-corrected chi connectivity index (χ2v) is 4.94. The van der Waals surface area contributed by atoms with E-state index in [9.17, 15) is 9.59 Å². The van der Waals surface area contributed by atoms with Gasteiger partial charge in [-0.05, 0) is 25.1 Å². The molecular weight excluding hydrogens is 250 g/mol. The molecule has 3 rings (SSSR count). The lowest BCUT2D eigenvalue weighted by Gasteiger charge is -2.05. The van der Waals surface area contributed by atoms with Gasteiger partial charge in [0, 0.05) is 0 Å². The molecule has 90 valence electrons. The van der Waals surface area contributed by atoms with E-state index in [-0.39, 0.29) is 11.7 Å². The topological polar surface area (TPSA) is 55.4 Å². The number of ether oxygens (including phenoxy) is 1. The van der Waals surface area contributed by atoms with E-state index in [4.69, 9.17) is 4.74 Å². The molecule has 0 aliphatic carbocycles. The molecule has 0 spiro atoms. The molecule has 1 aromatic heterocycles. The van der Waals surface area contributed by atoms with Crippen molar-refractivity contribution < 1.29 is 14.3 Å². The molecule has 0 saturated carbocycles. The Labute approximate surface area is 107 Å². The molecule has 0 bridgehead atoms. The van der Waals surface area contributed by atoms with Crippen molar-refractivity contribution >= 4 is 28.7 Å². The third-order valence-electron chi connectivity index (χ3n) is 2.63. The van der Waals surface area contributed by atoms with E-state index < -0.39 is 0 Å². The predicted molar refractivity (Wildman–Crippen MR) is 68.8 cm³/mol. The highest BCUT2D eigenvalue weighted by Gasteiger charge is 2.24. The van der Waals surface area contributed by atoms with E-state index in [0.717, 1.165) is 0 Å². The Morgan fingerprint density at radius 1 is 1.33 bits per heavy atom. The van der Waals surface area contributed by atoms with E-state index in [2.05, 4.69) is 5.32 Å². The van der Waals surface area contributed by atoms with E-state index in [1.165, 1.54) is 18.3 Å². The number of hydrogen-bond donors (Lipinski definition) is 1. The van der Waals surface area contributed by atoms with Crippen LogP contribution in [0.5, 0.6) is 10.8 Å². The van der Waals surface area contributed by atoms with Gasteiger partial charge in [0.15, 0.2) is 16.6 Å². The maximum Gasteiger partial charge on any atom is 0.260 e. The summed E-state index contributed by atoms with van der Waals surface area (Å²) in [6.07, 6.45) is 0. The smallest absolute Gasteiger partial charge is 0.260 e. The Balaban J connectivity index is 2.13. The van der Waals surface area contributed by atoms with Gasteiger partial charge in [-0.1, -0.05) is 23.5 Å². The van der Waals surface area contributed by atoms with Crippen molar-refractivity contribution in [2.24, 2.45) is 0 Å². The van der Waals surface area contributed by atoms with Gasteiger partial charge in [0.05, 0.1) is 16.1 Å². The summed E-state index contributed by atoms with van der Waals surface area (Å²) in [5, 5.41) is 3.22. The lowest BCUT2D eigenvalue weighted by molar-refractivity contribution is 0.102. The summed E-state index contributed by atoms with van der Waals surface area (Å²) in [5.41, 5.74) is 1.04. The number of amides is 1. The second-order valence-electron chi connectivity index (χ2n) is 3.92. The van der Waals surface area contributed by atoms with Crippen LogP contribution in [0.1, 0.15) is 27.0 Å². The maximum absolute atomic E-state index is 12.0. The Morgan fingerprint density at radius 3 is 2.89 bits per heavy atom. The number of carbonyl (C=O) groups is 2. The van der Waals surface area contributed by atoms with Gasteiger partial charge in [0.25, 0.3) is 5.91 Å². The number of carbonyl (C=O) groups excluding carboxylic acids is 2. The number of rotatable bonds is 1. The van der Waals surface area contributed by atoms with Crippen LogP contribution in [0.15, 0.2) is 30.3 Å². The van der Waals surface area contributed by atoms with Gasteiger partial charge < -0.3 is 10.1 Å². The zero-order valence-electron chi connectivity index (χ0n) is 9.52. The van der Waals surface area contributed by atoms with Gasteiger partial charge in [0.2, 0.25) is 0 Å². The summed E-state index contributed by atoms with van der Waals surface area (Å²) in [7, 11) is 0. The predicted octanol–water partition coefficient (Wildman–Crippen LogP) is 3.31. The van der Waals surface area contributed by atoms with Crippen LogP contribution in [0, 0.1) is 0 Å². The van der Waals surface area contributed by atoms with Gasteiger partial charge in [-0.2, -0.15) is 0 Å². The quantitative estimate of drug-likeness (QED) is 0.799. The van der Waals surface area contributed by atoms with Gasteiger partial charge in [0.1, 0.15) is 0 Å². The zero-order chi connectivity index (χ0) is 12.7. The zero-order valence-corrected chi connectivity index (χ0v) is 10.3. The normalized spacial score (nSPS) is 12.8. The molecule has 4 nitrogen and oxygen atoms in total. The van der Waals surface area contributed by atoms with Crippen LogP contribution in [0.25, 0.3) is 0 Å². The van der Waals surface area contributed by atoms with Crippen molar-refractivity contribution in [2.75, 3.05) is 5.32 Å². The molecule has 18 heavy (non-hydrogen) atoms. The highest BCUT2D eigenvalue weighted by Crippen LogP contribution is 2.40. The summed E-state index contributed by atoms with van der Waals surface area (Å²) in [5.74, 6) is 0.262. The van der Waals surface area contributed by atoms with Gasteiger partial charge in [-0.25, -0.2) is 0 Å². The molecular formula is C13H9NO3S. The Morgan fingerprint density at radius 2 is 2.11 bits per heavy atom. The van der Waals surface area contributed by atoms with Crippen LogP contribution in [-0.2, 0) is 0 Å². The third-order valence-corrected chi connectivity index (χ3v) is 3.74. The second kappa shape index (κ2) is 3.96. The molecule has 0 fully saturated rings. The molecule has 1 N–H and O–H groups in total.